The van der Waals surface area contributed by atoms with E-state index in [9.17, 15) is 4.79 Å². The van der Waals surface area contributed by atoms with Gasteiger partial charge in [-0.3, -0.25) is 4.79 Å². The maximum atomic E-state index is 12.4. The van der Waals surface area contributed by atoms with E-state index in [1.165, 1.54) is 15.3 Å². The lowest BCUT2D eigenvalue weighted by Gasteiger charge is -2.41. The Morgan fingerprint density at radius 3 is 2.77 bits per heavy atom. The van der Waals surface area contributed by atoms with E-state index in [0.717, 1.165) is 42.7 Å². The molecule has 1 aliphatic rings. The molecule has 0 unspecified atom stereocenters. The molecule has 0 spiro atoms. The summed E-state index contributed by atoms with van der Waals surface area (Å²) in [5.74, 6) is 1.14. The minimum Gasteiger partial charge on any atom is -0.362 e. The first-order chi connectivity index (χ1) is 14.4. The quantitative estimate of drug-likeness (QED) is 0.657. The van der Waals surface area contributed by atoms with Crippen LogP contribution in [-0.4, -0.2) is 42.5 Å². The number of carbonyl (C=O) groups is 1. The third kappa shape index (κ3) is 4.20. The number of rotatable bonds is 5. The molecule has 3 aromatic rings. The summed E-state index contributed by atoms with van der Waals surface area (Å²) in [5, 5.41) is 4.94. The number of para-hydroxylation sites is 1. The lowest BCUT2D eigenvalue weighted by atomic mass is 9.94. The van der Waals surface area contributed by atoms with Crippen LogP contribution in [0.15, 0.2) is 42.5 Å². The third-order valence-electron chi connectivity index (χ3n) is 5.85. The fourth-order valence-corrected chi connectivity index (χ4v) is 5.49. The van der Waals surface area contributed by atoms with Crippen molar-refractivity contribution in [3.05, 3.63) is 57.8 Å². The van der Waals surface area contributed by atoms with Gasteiger partial charge in [0.05, 0.1) is 11.6 Å². The number of hydrogen-bond acceptors (Lipinski definition) is 5. The molecule has 2 atom stereocenters. The number of likely N-dealkylation sites (tertiary alicyclic amines) is 1. The van der Waals surface area contributed by atoms with E-state index in [-0.39, 0.29) is 18.0 Å². The molecule has 0 radical (unpaired) electrons. The van der Waals surface area contributed by atoms with Crippen LogP contribution < -0.4 is 10.2 Å². The highest BCUT2D eigenvalue weighted by Crippen LogP contribution is 2.35. The number of aryl methyl sites for hydroxylation is 1. The Morgan fingerprint density at radius 1 is 1.27 bits per heavy atom. The third-order valence-corrected chi connectivity index (χ3v) is 6.92. The van der Waals surface area contributed by atoms with Gasteiger partial charge in [-0.2, -0.15) is 0 Å². The molecule has 1 fully saturated rings. The van der Waals surface area contributed by atoms with Crippen LogP contribution in [0.25, 0.3) is 10.9 Å². The largest absolute Gasteiger partial charge is 0.362 e. The Morgan fingerprint density at radius 2 is 2.07 bits per heavy atom. The maximum absolute atomic E-state index is 12.4. The number of nitrogens with zero attached hydrogens (tertiary/aromatic N) is 3. The summed E-state index contributed by atoms with van der Waals surface area (Å²) >= 11 is 1.80. The maximum Gasteiger partial charge on any atom is 0.220 e. The first-order valence-corrected chi connectivity index (χ1v) is 11.4. The van der Waals surface area contributed by atoms with Gasteiger partial charge in [-0.25, -0.2) is 4.98 Å². The van der Waals surface area contributed by atoms with E-state index < -0.39 is 0 Å². The fourth-order valence-electron chi connectivity index (χ4n) is 4.43. The molecule has 1 saturated heterocycles. The molecule has 2 aromatic heterocycles. The van der Waals surface area contributed by atoms with Crippen molar-refractivity contribution in [3.63, 3.8) is 0 Å². The second kappa shape index (κ2) is 8.74. The molecule has 1 aromatic carbocycles. The summed E-state index contributed by atoms with van der Waals surface area (Å²) in [5.41, 5.74) is 2.19. The summed E-state index contributed by atoms with van der Waals surface area (Å²) in [6.07, 6.45) is 2.08. The number of thiophene rings is 1. The lowest BCUT2D eigenvalue weighted by Crippen LogP contribution is -2.49. The van der Waals surface area contributed by atoms with Gasteiger partial charge in [-0.15, -0.1) is 11.3 Å². The summed E-state index contributed by atoms with van der Waals surface area (Å²) in [6.45, 7) is 5.37. The molecule has 158 valence electrons. The van der Waals surface area contributed by atoms with Gasteiger partial charge in [0.2, 0.25) is 5.91 Å². The highest BCUT2D eigenvalue weighted by atomic mass is 32.1. The van der Waals surface area contributed by atoms with Crippen LogP contribution in [-0.2, 0) is 11.3 Å². The molecule has 1 aliphatic heterocycles. The van der Waals surface area contributed by atoms with Crippen molar-refractivity contribution in [2.75, 3.05) is 25.5 Å². The molecule has 30 heavy (non-hydrogen) atoms. The molecular formula is C24H30N4OS. The number of nitrogens with one attached hydrogen (secondary N) is 1. The molecule has 6 heteroatoms. The number of aromatic nitrogens is 1. The van der Waals surface area contributed by atoms with Gasteiger partial charge in [-0.1, -0.05) is 18.2 Å². The summed E-state index contributed by atoms with van der Waals surface area (Å²) < 4.78 is 0. The van der Waals surface area contributed by atoms with E-state index in [2.05, 4.69) is 53.5 Å². The standard InChI is InChI=1S/C24H30N4OS/c1-16-11-12-22(30-16)23-21(10-7-13-28(23)17(2)29)25-15-19-14-18-8-5-6-9-20(18)26-24(19)27(3)4/h5-6,8-9,11-12,14,21,23,25H,7,10,13,15H2,1-4H3/t21-,23-/m1/s1. The monoisotopic (exact) mass is 422 g/mol. The van der Waals surface area contributed by atoms with Crippen LogP contribution in [0.4, 0.5) is 5.82 Å². The zero-order valence-electron chi connectivity index (χ0n) is 18.2. The molecule has 1 N–H and O–H groups in total. The van der Waals surface area contributed by atoms with E-state index in [0.29, 0.717) is 0 Å². The van der Waals surface area contributed by atoms with Crippen molar-refractivity contribution in [2.24, 2.45) is 0 Å². The topological polar surface area (TPSA) is 48.5 Å². The van der Waals surface area contributed by atoms with Crippen LogP contribution >= 0.6 is 11.3 Å². The first-order valence-electron chi connectivity index (χ1n) is 10.6. The minimum atomic E-state index is 0.0890. The molecule has 0 aliphatic carbocycles. The Bertz CT molecular complexity index is 1040. The number of fused-ring (bicyclic) bond motifs is 1. The van der Waals surface area contributed by atoms with E-state index >= 15 is 0 Å². The summed E-state index contributed by atoms with van der Waals surface area (Å²) in [6, 6.07) is 15.1. The molecule has 5 nitrogen and oxygen atoms in total. The van der Waals surface area contributed by atoms with Crippen LogP contribution in [0.3, 0.4) is 0 Å². The number of amides is 1. The zero-order chi connectivity index (χ0) is 21.3. The van der Waals surface area contributed by atoms with Crippen LogP contribution in [0.2, 0.25) is 0 Å². The molecule has 0 bridgehead atoms. The number of benzene rings is 1. The fraction of sp³-hybridized carbons (Fsp3) is 0.417. The van der Waals surface area contributed by atoms with Gasteiger partial charge >= 0.3 is 0 Å². The van der Waals surface area contributed by atoms with Crippen LogP contribution in [0.1, 0.15) is 41.1 Å². The number of pyridine rings is 1. The van der Waals surface area contributed by atoms with Crippen molar-refractivity contribution in [3.8, 4) is 0 Å². The predicted octanol–water partition coefficient (Wildman–Crippen LogP) is 4.51. The minimum absolute atomic E-state index is 0.0890. The lowest BCUT2D eigenvalue weighted by molar-refractivity contribution is -0.133. The average Bonchev–Trinajstić information content (AvgIpc) is 3.16. The van der Waals surface area contributed by atoms with Crippen molar-refractivity contribution < 1.29 is 4.79 Å². The Labute approximate surface area is 182 Å². The number of carbonyl (C=O) groups excluding carboxylic acids is 1. The highest BCUT2D eigenvalue weighted by Gasteiger charge is 2.34. The van der Waals surface area contributed by atoms with Gasteiger partial charge in [0, 0.05) is 60.9 Å². The highest BCUT2D eigenvalue weighted by molar-refractivity contribution is 7.12. The Balaban J connectivity index is 1.62. The van der Waals surface area contributed by atoms with Crippen molar-refractivity contribution in [1.82, 2.24) is 15.2 Å². The van der Waals surface area contributed by atoms with Gasteiger partial charge in [0.1, 0.15) is 5.82 Å². The second-order valence-electron chi connectivity index (χ2n) is 8.29. The number of hydrogen-bond donors (Lipinski definition) is 1. The van der Waals surface area contributed by atoms with Gasteiger partial charge in [-0.05, 0) is 44.0 Å². The van der Waals surface area contributed by atoms with Gasteiger partial charge in [0.25, 0.3) is 0 Å². The number of piperidine rings is 1. The van der Waals surface area contributed by atoms with Crippen LogP contribution in [0, 0.1) is 6.92 Å². The van der Waals surface area contributed by atoms with Crippen molar-refractivity contribution >= 4 is 34.0 Å². The SMILES string of the molecule is CC(=O)N1CCC[C@@H](NCc2cc3ccccc3nc2N(C)C)[C@@H]1c1ccc(C)s1. The number of anilines is 1. The molecule has 0 saturated carbocycles. The van der Waals surface area contributed by atoms with E-state index in [4.69, 9.17) is 4.98 Å². The Kier molecular flexibility index (Phi) is 6.06. The zero-order valence-corrected chi connectivity index (χ0v) is 19.0. The molecule has 1 amide bonds. The predicted molar refractivity (Wildman–Crippen MR) is 125 cm³/mol. The second-order valence-corrected chi connectivity index (χ2v) is 9.61. The van der Waals surface area contributed by atoms with Gasteiger partial charge in [0.15, 0.2) is 0 Å². The first kappa shape index (κ1) is 20.8. The van der Waals surface area contributed by atoms with Crippen molar-refractivity contribution in [1.29, 1.82) is 0 Å². The molecule has 3 heterocycles. The summed E-state index contributed by atoms with van der Waals surface area (Å²) in [4.78, 5) is 23.9. The van der Waals surface area contributed by atoms with E-state index in [1.807, 2.05) is 25.1 Å². The van der Waals surface area contributed by atoms with Crippen molar-refractivity contribution in [2.45, 2.75) is 45.3 Å². The Hall–Kier alpha value is -2.44. The van der Waals surface area contributed by atoms with E-state index in [1.54, 1.807) is 18.3 Å². The normalized spacial score (nSPS) is 19.3. The average molecular weight is 423 g/mol. The summed E-state index contributed by atoms with van der Waals surface area (Å²) in [7, 11) is 4.08. The smallest absolute Gasteiger partial charge is 0.220 e. The molecule has 4 rings (SSSR count). The molecular weight excluding hydrogens is 392 g/mol. The van der Waals surface area contributed by atoms with Crippen LogP contribution in [0.5, 0.6) is 0 Å². The van der Waals surface area contributed by atoms with Gasteiger partial charge < -0.3 is 15.1 Å².